The van der Waals surface area contributed by atoms with Gasteiger partial charge in [0.25, 0.3) is 0 Å². The van der Waals surface area contributed by atoms with Crippen molar-refractivity contribution < 1.29 is 13.9 Å². The maximum Gasteiger partial charge on any atom is 0.231 e. The number of aliphatic imine (C=N–C) groups is 1. The molecule has 3 heterocycles. The minimum atomic E-state index is 0.0847. The number of nitrogens with one attached hydrogen (secondary N) is 2. The maximum absolute atomic E-state index is 5.38. The van der Waals surface area contributed by atoms with Crippen molar-refractivity contribution in [2.45, 2.75) is 6.04 Å². The van der Waals surface area contributed by atoms with Gasteiger partial charge in [-0.3, -0.25) is 4.99 Å². The molecule has 2 aliphatic heterocycles. The molecule has 1 aromatic heterocycles. The SMILES string of the molecule is c1coc(C2CN=C(Nc3ccc4c(c3)OCO4)N2)c1. The van der Waals surface area contributed by atoms with Gasteiger partial charge < -0.3 is 24.5 Å². The van der Waals surface area contributed by atoms with E-state index in [0.717, 1.165) is 28.9 Å². The van der Waals surface area contributed by atoms with Crippen LogP contribution in [0.5, 0.6) is 11.5 Å². The van der Waals surface area contributed by atoms with Crippen LogP contribution in [0, 0.1) is 0 Å². The summed E-state index contributed by atoms with van der Waals surface area (Å²) in [4.78, 5) is 4.42. The van der Waals surface area contributed by atoms with Crippen molar-refractivity contribution >= 4 is 11.6 Å². The number of hydrogen-bond acceptors (Lipinski definition) is 6. The Morgan fingerprint density at radius 2 is 2.15 bits per heavy atom. The van der Waals surface area contributed by atoms with E-state index in [4.69, 9.17) is 13.9 Å². The van der Waals surface area contributed by atoms with E-state index in [-0.39, 0.29) is 12.8 Å². The predicted octanol–water partition coefficient (Wildman–Crippen LogP) is 2.12. The lowest BCUT2D eigenvalue weighted by molar-refractivity contribution is 0.174. The second-order valence-electron chi connectivity index (χ2n) is 4.59. The van der Waals surface area contributed by atoms with E-state index in [1.165, 1.54) is 0 Å². The summed E-state index contributed by atoms with van der Waals surface area (Å²) in [6, 6.07) is 9.60. The molecule has 20 heavy (non-hydrogen) atoms. The van der Waals surface area contributed by atoms with Crippen molar-refractivity contribution in [1.29, 1.82) is 0 Å². The van der Waals surface area contributed by atoms with Crippen LogP contribution in [0.3, 0.4) is 0 Å². The minimum absolute atomic E-state index is 0.0847. The first-order valence-electron chi connectivity index (χ1n) is 6.39. The molecule has 6 heteroatoms. The number of nitrogens with zero attached hydrogens (tertiary/aromatic N) is 1. The summed E-state index contributed by atoms with van der Waals surface area (Å²) in [7, 11) is 0. The number of guanidine groups is 1. The van der Waals surface area contributed by atoms with E-state index >= 15 is 0 Å². The van der Waals surface area contributed by atoms with Crippen molar-refractivity contribution in [3.8, 4) is 11.5 Å². The molecule has 4 rings (SSSR count). The second-order valence-corrected chi connectivity index (χ2v) is 4.59. The van der Waals surface area contributed by atoms with Crippen LogP contribution in [-0.2, 0) is 0 Å². The predicted molar refractivity (Wildman–Crippen MR) is 73.1 cm³/mol. The number of fused-ring (bicyclic) bond motifs is 1. The van der Waals surface area contributed by atoms with Gasteiger partial charge >= 0.3 is 0 Å². The molecule has 6 nitrogen and oxygen atoms in total. The number of ether oxygens (including phenoxy) is 2. The summed E-state index contributed by atoms with van der Waals surface area (Å²) in [5.41, 5.74) is 0.903. The van der Waals surface area contributed by atoms with Gasteiger partial charge in [0, 0.05) is 11.8 Å². The largest absolute Gasteiger partial charge is 0.467 e. The Morgan fingerprint density at radius 3 is 3.05 bits per heavy atom. The monoisotopic (exact) mass is 271 g/mol. The van der Waals surface area contributed by atoms with Crippen LogP contribution in [0.2, 0.25) is 0 Å². The standard InChI is InChI=1S/C14H13N3O3/c1-2-11(18-5-1)10-7-15-14(17-10)16-9-3-4-12-13(6-9)20-8-19-12/h1-6,10H,7-8H2,(H2,15,16,17). The fraction of sp³-hybridized carbons (Fsp3) is 0.214. The van der Waals surface area contributed by atoms with Gasteiger partial charge in [-0.2, -0.15) is 0 Å². The van der Waals surface area contributed by atoms with Crippen molar-refractivity contribution in [3.05, 3.63) is 42.4 Å². The Bertz CT molecular complexity index is 652. The Hall–Kier alpha value is -2.63. The van der Waals surface area contributed by atoms with Crippen molar-refractivity contribution in [2.75, 3.05) is 18.7 Å². The molecule has 2 aliphatic rings. The van der Waals surface area contributed by atoms with E-state index in [0.29, 0.717) is 6.54 Å². The van der Waals surface area contributed by atoms with Gasteiger partial charge in [-0.05, 0) is 24.3 Å². The highest BCUT2D eigenvalue weighted by atomic mass is 16.7. The molecule has 0 bridgehead atoms. The van der Waals surface area contributed by atoms with Crippen molar-refractivity contribution in [1.82, 2.24) is 5.32 Å². The summed E-state index contributed by atoms with van der Waals surface area (Å²) < 4.78 is 16.0. The fourth-order valence-electron chi connectivity index (χ4n) is 2.28. The maximum atomic E-state index is 5.38. The van der Waals surface area contributed by atoms with Gasteiger partial charge in [0.15, 0.2) is 17.5 Å². The summed E-state index contributed by atoms with van der Waals surface area (Å²) in [5.74, 6) is 3.13. The van der Waals surface area contributed by atoms with E-state index in [2.05, 4.69) is 15.6 Å². The van der Waals surface area contributed by atoms with Gasteiger partial charge in [-0.1, -0.05) is 0 Å². The molecule has 1 atom stereocenters. The van der Waals surface area contributed by atoms with Crippen LogP contribution >= 0.6 is 0 Å². The molecule has 102 valence electrons. The second kappa shape index (κ2) is 4.48. The average Bonchev–Trinajstić information content (AvgIpc) is 3.19. The lowest BCUT2D eigenvalue weighted by Crippen LogP contribution is -2.28. The van der Waals surface area contributed by atoms with Gasteiger partial charge in [-0.15, -0.1) is 0 Å². The van der Waals surface area contributed by atoms with E-state index in [1.54, 1.807) is 6.26 Å². The molecule has 1 aromatic carbocycles. The van der Waals surface area contributed by atoms with E-state index < -0.39 is 0 Å². The van der Waals surface area contributed by atoms with Crippen LogP contribution in [-0.4, -0.2) is 19.3 Å². The lowest BCUT2D eigenvalue weighted by atomic mass is 10.2. The summed E-state index contributed by atoms with van der Waals surface area (Å²) in [5, 5.41) is 6.51. The summed E-state index contributed by atoms with van der Waals surface area (Å²) in [6.45, 7) is 0.930. The first kappa shape index (κ1) is 11.2. The molecule has 2 N–H and O–H groups in total. The molecule has 0 saturated carbocycles. The number of rotatable bonds is 2. The molecular weight excluding hydrogens is 258 g/mol. The molecular formula is C14H13N3O3. The van der Waals surface area contributed by atoms with E-state index in [1.807, 2.05) is 30.3 Å². The zero-order chi connectivity index (χ0) is 13.4. The van der Waals surface area contributed by atoms with Gasteiger partial charge in [0.05, 0.1) is 12.8 Å². The van der Waals surface area contributed by atoms with Crippen molar-refractivity contribution in [2.24, 2.45) is 4.99 Å². The third kappa shape index (κ3) is 1.95. The topological polar surface area (TPSA) is 68.0 Å². The van der Waals surface area contributed by atoms with Gasteiger partial charge in [0.1, 0.15) is 11.8 Å². The summed E-state index contributed by atoms with van der Waals surface area (Å²) in [6.07, 6.45) is 1.67. The first-order valence-corrected chi connectivity index (χ1v) is 6.39. The molecule has 0 fully saturated rings. The number of hydrogen-bond donors (Lipinski definition) is 2. The zero-order valence-electron chi connectivity index (χ0n) is 10.6. The molecule has 0 aliphatic carbocycles. The van der Waals surface area contributed by atoms with Crippen LogP contribution in [0.1, 0.15) is 11.8 Å². The van der Waals surface area contributed by atoms with Crippen LogP contribution < -0.4 is 20.1 Å². The van der Waals surface area contributed by atoms with Gasteiger partial charge in [0.2, 0.25) is 6.79 Å². The quantitative estimate of drug-likeness (QED) is 0.875. The van der Waals surface area contributed by atoms with Crippen molar-refractivity contribution in [3.63, 3.8) is 0 Å². The highest BCUT2D eigenvalue weighted by molar-refractivity contribution is 5.95. The lowest BCUT2D eigenvalue weighted by Gasteiger charge is -2.11. The van der Waals surface area contributed by atoms with Crippen LogP contribution in [0.15, 0.2) is 46.0 Å². The van der Waals surface area contributed by atoms with E-state index in [9.17, 15) is 0 Å². The first-order chi connectivity index (χ1) is 9.88. The summed E-state index contributed by atoms with van der Waals surface area (Å²) >= 11 is 0. The molecule has 1 unspecified atom stereocenters. The highest BCUT2D eigenvalue weighted by Crippen LogP contribution is 2.34. The Labute approximate surface area is 115 Å². The third-order valence-corrected chi connectivity index (χ3v) is 3.26. The van der Waals surface area contributed by atoms with Gasteiger partial charge in [-0.25, -0.2) is 0 Å². The normalized spacial score (nSPS) is 19.6. The smallest absolute Gasteiger partial charge is 0.231 e. The highest BCUT2D eigenvalue weighted by Gasteiger charge is 2.22. The average molecular weight is 271 g/mol. The zero-order valence-corrected chi connectivity index (χ0v) is 10.6. The third-order valence-electron chi connectivity index (χ3n) is 3.26. The fourth-order valence-corrected chi connectivity index (χ4v) is 2.28. The van der Waals surface area contributed by atoms with Crippen LogP contribution in [0.25, 0.3) is 0 Å². The Kier molecular flexibility index (Phi) is 2.51. The molecule has 2 aromatic rings. The Morgan fingerprint density at radius 1 is 1.20 bits per heavy atom. The molecule has 0 spiro atoms. The van der Waals surface area contributed by atoms with Crippen LogP contribution in [0.4, 0.5) is 5.69 Å². The number of furan rings is 1. The number of benzene rings is 1. The molecule has 0 radical (unpaired) electrons. The molecule has 0 saturated heterocycles. The minimum Gasteiger partial charge on any atom is -0.467 e. The molecule has 0 amide bonds. The number of anilines is 1. The Balaban J connectivity index is 1.45.